The molecule has 1 fully saturated rings. The molecule has 3 nitrogen and oxygen atoms in total. The molecule has 0 atom stereocenters. The van der Waals surface area contributed by atoms with Gasteiger partial charge >= 0.3 is 0 Å². The molecule has 2 aromatic rings. The van der Waals surface area contributed by atoms with E-state index in [1.165, 1.54) is 12.8 Å². The second-order valence-corrected chi connectivity index (χ2v) is 4.29. The highest BCUT2D eigenvalue weighted by Crippen LogP contribution is 2.39. The third-order valence-electron chi connectivity index (χ3n) is 2.86. The minimum absolute atomic E-state index is 0.644. The Morgan fingerprint density at radius 3 is 2.69 bits per heavy atom. The molecule has 3 heteroatoms. The van der Waals surface area contributed by atoms with Crippen LogP contribution >= 0.6 is 0 Å². The van der Waals surface area contributed by atoms with Gasteiger partial charge in [-0.3, -0.25) is 9.97 Å². The first kappa shape index (κ1) is 9.46. The lowest BCUT2D eigenvalue weighted by Gasteiger charge is -2.02. The molecule has 2 aromatic heterocycles. The predicted molar refractivity (Wildman–Crippen MR) is 62.0 cm³/mol. The maximum atomic E-state index is 4.63. The van der Waals surface area contributed by atoms with Crippen molar-refractivity contribution in [2.45, 2.75) is 25.7 Å². The van der Waals surface area contributed by atoms with Crippen LogP contribution in [0.2, 0.25) is 0 Å². The normalized spacial score (nSPS) is 15.1. The van der Waals surface area contributed by atoms with Crippen LogP contribution in [0.4, 0.5) is 0 Å². The van der Waals surface area contributed by atoms with Gasteiger partial charge in [0.05, 0.1) is 17.6 Å². The van der Waals surface area contributed by atoms with Gasteiger partial charge in [-0.2, -0.15) is 0 Å². The Hall–Kier alpha value is -1.77. The Balaban J connectivity index is 1.98. The molecule has 0 unspecified atom stereocenters. The van der Waals surface area contributed by atoms with Crippen LogP contribution in [-0.4, -0.2) is 15.0 Å². The second kappa shape index (κ2) is 3.67. The fraction of sp³-hybridized carbons (Fsp3) is 0.308. The van der Waals surface area contributed by atoms with Crippen LogP contribution in [-0.2, 0) is 0 Å². The number of hydrogen-bond acceptors (Lipinski definition) is 3. The molecule has 0 aromatic carbocycles. The molecule has 0 radical (unpaired) electrons. The number of nitrogens with zero attached hydrogens (tertiary/aromatic N) is 3. The van der Waals surface area contributed by atoms with Gasteiger partial charge in [-0.05, 0) is 31.9 Å². The summed E-state index contributed by atoms with van der Waals surface area (Å²) in [6.45, 7) is 1.98. The van der Waals surface area contributed by atoms with Gasteiger partial charge in [0.25, 0.3) is 0 Å². The van der Waals surface area contributed by atoms with Crippen molar-refractivity contribution >= 4 is 0 Å². The third-order valence-corrected chi connectivity index (χ3v) is 2.86. The number of pyridine rings is 1. The standard InChI is InChI=1S/C13H13N3/c1-9-2-3-11(6-15-9)13-8-14-7-12(16-13)10-4-5-10/h2-3,6-8,10H,4-5H2,1H3. The summed E-state index contributed by atoms with van der Waals surface area (Å²) < 4.78 is 0. The van der Waals surface area contributed by atoms with Crippen LogP contribution in [0.5, 0.6) is 0 Å². The van der Waals surface area contributed by atoms with Gasteiger partial charge in [0.15, 0.2) is 0 Å². The van der Waals surface area contributed by atoms with Gasteiger partial charge in [-0.25, -0.2) is 4.98 Å². The quantitative estimate of drug-likeness (QED) is 0.766. The molecular formula is C13H13N3. The lowest BCUT2D eigenvalue weighted by atomic mass is 10.2. The van der Waals surface area contributed by atoms with E-state index in [0.29, 0.717) is 5.92 Å². The average Bonchev–Trinajstić information content (AvgIpc) is 3.14. The van der Waals surface area contributed by atoms with Crippen molar-refractivity contribution in [2.24, 2.45) is 0 Å². The van der Waals surface area contributed by atoms with E-state index in [4.69, 9.17) is 0 Å². The van der Waals surface area contributed by atoms with Crippen molar-refractivity contribution in [1.82, 2.24) is 15.0 Å². The number of hydrogen-bond donors (Lipinski definition) is 0. The molecule has 1 saturated carbocycles. The smallest absolute Gasteiger partial charge is 0.0904 e. The predicted octanol–water partition coefficient (Wildman–Crippen LogP) is 2.72. The van der Waals surface area contributed by atoms with Crippen molar-refractivity contribution in [1.29, 1.82) is 0 Å². The van der Waals surface area contributed by atoms with Crippen LogP contribution in [0.3, 0.4) is 0 Å². The van der Waals surface area contributed by atoms with E-state index in [-0.39, 0.29) is 0 Å². The monoisotopic (exact) mass is 211 g/mol. The van der Waals surface area contributed by atoms with E-state index < -0.39 is 0 Å². The van der Waals surface area contributed by atoms with Gasteiger partial charge in [0, 0.05) is 29.6 Å². The zero-order chi connectivity index (χ0) is 11.0. The van der Waals surface area contributed by atoms with Crippen molar-refractivity contribution in [3.63, 3.8) is 0 Å². The highest BCUT2D eigenvalue weighted by molar-refractivity contribution is 5.56. The minimum atomic E-state index is 0.644. The summed E-state index contributed by atoms with van der Waals surface area (Å²) in [7, 11) is 0. The van der Waals surface area contributed by atoms with E-state index >= 15 is 0 Å². The summed E-state index contributed by atoms with van der Waals surface area (Å²) >= 11 is 0. The number of aryl methyl sites for hydroxylation is 1. The Morgan fingerprint density at radius 2 is 2.00 bits per heavy atom. The van der Waals surface area contributed by atoms with Gasteiger partial charge in [0.2, 0.25) is 0 Å². The fourth-order valence-electron chi connectivity index (χ4n) is 1.72. The Labute approximate surface area is 94.6 Å². The van der Waals surface area contributed by atoms with Gasteiger partial charge in [-0.15, -0.1) is 0 Å². The third kappa shape index (κ3) is 1.81. The molecule has 0 aliphatic heterocycles. The molecule has 1 aliphatic rings. The zero-order valence-corrected chi connectivity index (χ0v) is 9.22. The summed E-state index contributed by atoms with van der Waals surface area (Å²) in [6.07, 6.45) is 8.05. The molecule has 80 valence electrons. The first-order valence-electron chi connectivity index (χ1n) is 5.58. The summed E-state index contributed by atoms with van der Waals surface area (Å²) in [6, 6.07) is 4.05. The van der Waals surface area contributed by atoms with Gasteiger partial charge in [-0.1, -0.05) is 0 Å². The van der Waals surface area contributed by atoms with Crippen LogP contribution < -0.4 is 0 Å². The SMILES string of the molecule is Cc1ccc(-c2cncc(C3CC3)n2)cn1. The molecule has 0 saturated heterocycles. The number of rotatable bonds is 2. The molecule has 0 amide bonds. The fourth-order valence-corrected chi connectivity index (χ4v) is 1.72. The summed E-state index contributed by atoms with van der Waals surface area (Å²) in [5.74, 6) is 0.644. The topological polar surface area (TPSA) is 38.7 Å². The summed E-state index contributed by atoms with van der Waals surface area (Å²) in [5.41, 5.74) is 4.12. The van der Waals surface area contributed by atoms with Crippen molar-refractivity contribution < 1.29 is 0 Å². The van der Waals surface area contributed by atoms with Crippen LogP contribution in [0.1, 0.15) is 30.1 Å². The highest BCUT2D eigenvalue weighted by atomic mass is 14.8. The van der Waals surface area contributed by atoms with Crippen molar-refractivity contribution in [3.05, 3.63) is 42.1 Å². The van der Waals surface area contributed by atoms with E-state index in [9.17, 15) is 0 Å². The van der Waals surface area contributed by atoms with Crippen molar-refractivity contribution in [2.75, 3.05) is 0 Å². The molecule has 2 heterocycles. The van der Waals surface area contributed by atoms with E-state index in [1.54, 1.807) is 6.20 Å². The Morgan fingerprint density at radius 1 is 1.12 bits per heavy atom. The lowest BCUT2D eigenvalue weighted by molar-refractivity contribution is 0.991. The number of aromatic nitrogens is 3. The van der Waals surface area contributed by atoms with Gasteiger partial charge in [0.1, 0.15) is 0 Å². The maximum absolute atomic E-state index is 4.63. The molecule has 0 N–H and O–H groups in total. The highest BCUT2D eigenvalue weighted by Gasteiger charge is 2.25. The molecule has 3 rings (SSSR count). The summed E-state index contributed by atoms with van der Waals surface area (Å²) in [5, 5.41) is 0. The van der Waals surface area contributed by atoms with E-state index in [1.807, 2.05) is 31.5 Å². The second-order valence-electron chi connectivity index (χ2n) is 4.29. The average molecular weight is 211 g/mol. The largest absolute Gasteiger partial charge is 0.261 e. The van der Waals surface area contributed by atoms with Crippen LogP contribution in [0, 0.1) is 6.92 Å². The Bertz CT molecular complexity index is 501. The van der Waals surface area contributed by atoms with Crippen LogP contribution in [0.15, 0.2) is 30.7 Å². The first-order chi connectivity index (χ1) is 7.83. The van der Waals surface area contributed by atoms with E-state index in [0.717, 1.165) is 22.6 Å². The molecule has 0 bridgehead atoms. The molecule has 0 spiro atoms. The van der Waals surface area contributed by atoms with Gasteiger partial charge < -0.3 is 0 Å². The molecular weight excluding hydrogens is 198 g/mol. The first-order valence-corrected chi connectivity index (χ1v) is 5.58. The van der Waals surface area contributed by atoms with Crippen molar-refractivity contribution in [3.8, 4) is 11.3 Å². The zero-order valence-electron chi connectivity index (χ0n) is 9.22. The molecule has 16 heavy (non-hydrogen) atoms. The molecule has 1 aliphatic carbocycles. The van der Waals surface area contributed by atoms with E-state index in [2.05, 4.69) is 15.0 Å². The Kier molecular flexibility index (Phi) is 2.17. The minimum Gasteiger partial charge on any atom is -0.261 e. The summed E-state index contributed by atoms with van der Waals surface area (Å²) in [4.78, 5) is 13.2. The maximum Gasteiger partial charge on any atom is 0.0904 e. The van der Waals surface area contributed by atoms with Crippen LogP contribution in [0.25, 0.3) is 11.3 Å². The lowest BCUT2D eigenvalue weighted by Crippen LogP contribution is -1.92.